The molecule has 1 aliphatic rings. The van der Waals surface area contributed by atoms with Crippen LogP contribution in [0, 0.1) is 10.1 Å². The fourth-order valence-electron chi connectivity index (χ4n) is 3.23. The highest BCUT2D eigenvalue weighted by molar-refractivity contribution is 6.33. The quantitative estimate of drug-likeness (QED) is 0.580. The molecule has 1 aliphatic heterocycles. The van der Waals surface area contributed by atoms with Crippen molar-refractivity contribution >= 4 is 40.3 Å². The number of non-ortho nitro benzene ring substituents is 1. The SMILES string of the molecule is CNc1ccc([N+](=O)[O-])cc1C(=O)Nc1ccc(N2CCCCC2)c(Cl)c1. The summed E-state index contributed by atoms with van der Waals surface area (Å²) >= 11 is 6.42. The van der Waals surface area contributed by atoms with Crippen molar-refractivity contribution in [3.63, 3.8) is 0 Å². The summed E-state index contributed by atoms with van der Waals surface area (Å²) in [4.78, 5) is 25.4. The van der Waals surface area contributed by atoms with Crippen molar-refractivity contribution < 1.29 is 9.72 Å². The third-order valence-corrected chi connectivity index (χ3v) is 4.93. The number of piperidine rings is 1. The minimum absolute atomic E-state index is 0.141. The first-order valence-corrected chi connectivity index (χ1v) is 9.19. The normalized spacial score (nSPS) is 13.9. The second-order valence-electron chi connectivity index (χ2n) is 6.41. The van der Waals surface area contributed by atoms with E-state index in [9.17, 15) is 14.9 Å². The smallest absolute Gasteiger partial charge is 0.270 e. The van der Waals surface area contributed by atoms with Crippen LogP contribution in [-0.4, -0.2) is 31.0 Å². The molecule has 0 saturated carbocycles. The van der Waals surface area contributed by atoms with Crippen LogP contribution < -0.4 is 15.5 Å². The van der Waals surface area contributed by atoms with Gasteiger partial charge in [-0.05, 0) is 43.5 Å². The average Bonchev–Trinajstić information content (AvgIpc) is 2.68. The number of hydrogen-bond acceptors (Lipinski definition) is 5. The molecule has 0 aromatic heterocycles. The first-order valence-electron chi connectivity index (χ1n) is 8.81. The minimum atomic E-state index is -0.527. The van der Waals surface area contributed by atoms with Gasteiger partial charge in [-0.1, -0.05) is 11.6 Å². The van der Waals surface area contributed by atoms with E-state index in [1.807, 2.05) is 6.07 Å². The van der Waals surface area contributed by atoms with Crippen LogP contribution >= 0.6 is 11.6 Å². The fourth-order valence-corrected chi connectivity index (χ4v) is 3.53. The van der Waals surface area contributed by atoms with Crippen LogP contribution in [0.3, 0.4) is 0 Å². The van der Waals surface area contributed by atoms with Gasteiger partial charge in [-0.25, -0.2) is 0 Å². The summed E-state index contributed by atoms with van der Waals surface area (Å²) in [6, 6.07) is 9.52. The van der Waals surface area contributed by atoms with E-state index in [4.69, 9.17) is 11.6 Å². The molecule has 142 valence electrons. The molecule has 0 aliphatic carbocycles. The fraction of sp³-hybridized carbons (Fsp3) is 0.316. The Morgan fingerprint density at radius 3 is 2.52 bits per heavy atom. The van der Waals surface area contributed by atoms with Crippen molar-refractivity contribution in [3.8, 4) is 0 Å². The molecule has 1 fully saturated rings. The topological polar surface area (TPSA) is 87.5 Å². The number of carbonyl (C=O) groups excluding carboxylic acids is 1. The number of hydrogen-bond donors (Lipinski definition) is 2. The molecule has 0 spiro atoms. The van der Waals surface area contributed by atoms with Crippen LogP contribution in [0.2, 0.25) is 5.02 Å². The largest absolute Gasteiger partial charge is 0.387 e. The molecule has 0 radical (unpaired) electrons. The summed E-state index contributed by atoms with van der Waals surface area (Å²) in [5, 5.41) is 17.2. The molecule has 8 heteroatoms. The number of rotatable bonds is 5. The zero-order chi connectivity index (χ0) is 19.4. The predicted molar refractivity (Wildman–Crippen MR) is 108 cm³/mol. The lowest BCUT2D eigenvalue weighted by Gasteiger charge is -2.29. The van der Waals surface area contributed by atoms with Crippen molar-refractivity contribution in [1.82, 2.24) is 0 Å². The summed E-state index contributed by atoms with van der Waals surface area (Å²) in [5.74, 6) is -0.440. The van der Waals surface area contributed by atoms with Crippen LogP contribution in [-0.2, 0) is 0 Å². The highest BCUT2D eigenvalue weighted by Gasteiger charge is 2.18. The molecule has 1 heterocycles. The van der Waals surface area contributed by atoms with E-state index < -0.39 is 10.8 Å². The molecular weight excluding hydrogens is 368 g/mol. The summed E-state index contributed by atoms with van der Waals surface area (Å²) in [6.07, 6.45) is 3.53. The molecule has 0 atom stereocenters. The Labute approximate surface area is 162 Å². The highest BCUT2D eigenvalue weighted by atomic mass is 35.5. The number of nitro benzene ring substituents is 1. The van der Waals surface area contributed by atoms with Crippen molar-refractivity contribution in [1.29, 1.82) is 0 Å². The van der Waals surface area contributed by atoms with E-state index >= 15 is 0 Å². The molecule has 7 nitrogen and oxygen atoms in total. The standard InChI is InChI=1S/C19H21ClN4O3/c1-21-17-7-6-14(24(26)27)12-15(17)19(25)22-13-5-8-18(16(20)11-13)23-9-3-2-4-10-23/h5-8,11-12,21H,2-4,9-10H2,1H3,(H,22,25). The molecule has 1 amide bonds. The van der Waals surface area contributed by atoms with E-state index in [-0.39, 0.29) is 11.3 Å². The van der Waals surface area contributed by atoms with Gasteiger partial charge in [-0.15, -0.1) is 0 Å². The lowest BCUT2D eigenvalue weighted by atomic mass is 10.1. The Morgan fingerprint density at radius 1 is 1.15 bits per heavy atom. The van der Waals surface area contributed by atoms with E-state index in [0.717, 1.165) is 31.6 Å². The molecular formula is C19H21ClN4O3. The van der Waals surface area contributed by atoms with Crippen LogP contribution in [0.15, 0.2) is 36.4 Å². The van der Waals surface area contributed by atoms with Gasteiger partial charge in [0.1, 0.15) is 0 Å². The maximum atomic E-state index is 12.6. The third kappa shape index (κ3) is 4.31. The van der Waals surface area contributed by atoms with Crippen LogP contribution in [0.25, 0.3) is 0 Å². The van der Waals surface area contributed by atoms with E-state index in [1.54, 1.807) is 19.2 Å². The van der Waals surface area contributed by atoms with Crippen molar-refractivity contribution in [2.24, 2.45) is 0 Å². The average molecular weight is 389 g/mol. The number of nitro groups is 1. The summed E-state index contributed by atoms with van der Waals surface area (Å²) < 4.78 is 0. The van der Waals surface area contributed by atoms with E-state index in [1.165, 1.54) is 24.6 Å². The van der Waals surface area contributed by atoms with Gasteiger partial charge in [0.2, 0.25) is 0 Å². The van der Waals surface area contributed by atoms with Gasteiger partial charge < -0.3 is 15.5 Å². The van der Waals surface area contributed by atoms with Crippen LogP contribution in [0.4, 0.5) is 22.7 Å². The third-order valence-electron chi connectivity index (χ3n) is 4.63. The van der Waals surface area contributed by atoms with Gasteiger partial charge in [-0.3, -0.25) is 14.9 Å². The second-order valence-corrected chi connectivity index (χ2v) is 6.81. The molecule has 2 aromatic carbocycles. The van der Waals surface area contributed by atoms with Gasteiger partial charge in [0.05, 0.1) is 21.2 Å². The number of carbonyl (C=O) groups is 1. The van der Waals surface area contributed by atoms with Gasteiger partial charge in [0.15, 0.2) is 0 Å². The van der Waals surface area contributed by atoms with Gasteiger partial charge >= 0.3 is 0 Å². The number of halogens is 1. The first-order chi connectivity index (χ1) is 13.0. The Hall–Kier alpha value is -2.80. The Balaban J connectivity index is 1.81. The predicted octanol–water partition coefficient (Wildman–Crippen LogP) is 4.53. The molecule has 1 saturated heterocycles. The second kappa shape index (κ2) is 8.26. The molecule has 0 unspecified atom stereocenters. The zero-order valence-electron chi connectivity index (χ0n) is 15.0. The molecule has 27 heavy (non-hydrogen) atoms. The molecule has 0 bridgehead atoms. The first kappa shape index (κ1) is 19.0. The molecule has 3 rings (SSSR count). The Morgan fingerprint density at radius 2 is 1.89 bits per heavy atom. The van der Waals surface area contributed by atoms with Crippen molar-refractivity contribution in [2.75, 3.05) is 35.7 Å². The Kier molecular flexibility index (Phi) is 5.81. The summed E-state index contributed by atoms with van der Waals surface area (Å²) in [7, 11) is 1.65. The number of anilines is 3. The van der Waals surface area contributed by atoms with Crippen LogP contribution in [0.5, 0.6) is 0 Å². The minimum Gasteiger partial charge on any atom is -0.387 e. The van der Waals surface area contributed by atoms with Gasteiger partial charge in [0.25, 0.3) is 11.6 Å². The number of nitrogens with one attached hydrogen (secondary N) is 2. The number of nitrogens with zero attached hydrogens (tertiary/aromatic N) is 2. The van der Waals surface area contributed by atoms with Crippen LogP contribution in [0.1, 0.15) is 29.6 Å². The molecule has 2 aromatic rings. The van der Waals surface area contributed by atoms with Gasteiger partial charge in [0, 0.05) is 43.6 Å². The Bertz CT molecular complexity index is 866. The highest BCUT2D eigenvalue weighted by Crippen LogP contribution is 2.31. The summed E-state index contributed by atoms with van der Waals surface area (Å²) in [5.41, 5.74) is 2.06. The lowest BCUT2D eigenvalue weighted by Crippen LogP contribution is -2.29. The number of amides is 1. The number of benzene rings is 2. The lowest BCUT2D eigenvalue weighted by molar-refractivity contribution is -0.384. The summed E-state index contributed by atoms with van der Waals surface area (Å²) in [6.45, 7) is 1.95. The monoisotopic (exact) mass is 388 g/mol. The molecule has 2 N–H and O–H groups in total. The van der Waals surface area contributed by atoms with E-state index in [0.29, 0.717) is 16.4 Å². The van der Waals surface area contributed by atoms with Crippen molar-refractivity contribution in [2.45, 2.75) is 19.3 Å². The van der Waals surface area contributed by atoms with E-state index in [2.05, 4.69) is 15.5 Å². The zero-order valence-corrected chi connectivity index (χ0v) is 15.8. The maximum absolute atomic E-state index is 12.6. The van der Waals surface area contributed by atoms with Gasteiger partial charge in [-0.2, -0.15) is 0 Å². The maximum Gasteiger partial charge on any atom is 0.270 e. The van der Waals surface area contributed by atoms with Crippen molar-refractivity contribution in [3.05, 3.63) is 57.1 Å².